The molecule has 3 aromatic carbocycles. The molecule has 0 amide bonds. The molecule has 0 aliphatic carbocycles. The van der Waals surface area contributed by atoms with Gasteiger partial charge in [0.2, 0.25) is 0 Å². The predicted octanol–water partition coefficient (Wildman–Crippen LogP) is 6.21. The highest BCUT2D eigenvalue weighted by Crippen LogP contribution is 2.34. The summed E-state index contributed by atoms with van der Waals surface area (Å²) in [6, 6.07) is 20.3. The number of ether oxygens (including phenoxy) is 1. The van der Waals surface area contributed by atoms with E-state index >= 15 is 0 Å². The van der Waals surface area contributed by atoms with E-state index in [0.29, 0.717) is 22.2 Å². The quantitative estimate of drug-likeness (QED) is 0.347. The molecule has 1 heterocycles. The summed E-state index contributed by atoms with van der Waals surface area (Å²) < 4.78 is 35.7. The summed E-state index contributed by atoms with van der Waals surface area (Å²) in [6.45, 7) is 1.60. The fourth-order valence-corrected chi connectivity index (χ4v) is 4.41. The molecule has 4 aromatic rings. The zero-order chi connectivity index (χ0) is 22.7. The SMILES string of the molecule is CCS(=O)(=O)c1ccc(OC)c(Nc2ncc(-c3cccc(-c4ccccc4Cl)c3)o2)c1. The monoisotopic (exact) mass is 468 g/mol. The van der Waals surface area contributed by atoms with E-state index in [1.165, 1.54) is 19.2 Å². The van der Waals surface area contributed by atoms with Crippen LogP contribution in [0.3, 0.4) is 0 Å². The minimum atomic E-state index is -3.37. The highest BCUT2D eigenvalue weighted by molar-refractivity contribution is 7.91. The van der Waals surface area contributed by atoms with Crippen LogP contribution in [0.2, 0.25) is 5.02 Å². The number of oxazole rings is 1. The lowest BCUT2D eigenvalue weighted by atomic mass is 10.0. The summed E-state index contributed by atoms with van der Waals surface area (Å²) in [7, 11) is -1.86. The number of benzene rings is 3. The number of hydrogen-bond donors (Lipinski definition) is 1. The highest BCUT2D eigenvalue weighted by Gasteiger charge is 2.16. The Hall–Kier alpha value is -3.29. The number of anilines is 2. The number of hydrogen-bond acceptors (Lipinski definition) is 6. The van der Waals surface area contributed by atoms with Gasteiger partial charge in [0, 0.05) is 16.1 Å². The highest BCUT2D eigenvalue weighted by atomic mass is 35.5. The molecule has 164 valence electrons. The van der Waals surface area contributed by atoms with Crippen molar-refractivity contribution in [2.45, 2.75) is 11.8 Å². The smallest absolute Gasteiger partial charge is 0.299 e. The van der Waals surface area contributed by atoms with Crippen LogP contribution in [0.5, 0.6) is 5.75 Å². The lowest BCUT2D eigenvalue weighted by molar-refractivity contribution is 0.416. The van der Waals surface area contributed by atoms with Crippen molar-refractivity contribution in [1.29, 1.82) is 0 Å². The van der Waals surface area contributed by atoms with E-state index in [9.17, 15) is 8.42 Å². The second-order valence-corrected chi connectivity index (χ2v) is 9.67. The van der Waals surface area contributed by atoms with Gasteiger partial charge in [0.15, 0.2) is 15.6 Å². The zero-order valence-corrected chi connectivity index (χ0v) is 19.1. The standard InChI is InChI=1S/C24H21ClN2O4S/c1-3-32(28,29)18-11-12-22(30-2)21(14-18)27-24-26-15-23(31-24)17-8-6-7-16(13-17)19-9-4-5-10-20(19)25/h4-15H,3H2,1-2H3,(H,26,27). The Kier molecular flexibility index (Phi) is 6.21. The minimum absolute atomic E-state index is 0.00366. The maximum atomic E-state index is 12.3. The molecule has 0 bridgehead atoms. The zero-order valence-electron chi connectivity index (χ0n) is 17.5. The second-order valence-electron chi connectivity index (χ2n) is 6.98. The third kappa shape index (κ3) is 4.49. The van der Waals surface area contributed by atoms with E-state index < -0.39 is 9.84 Å². The average Bonchev–Trinajstić information content (AvgIpc) is 3.28. The molecule has 0 spiro atoms. The van der Waals surface area contributed by atoms with Gasteiger partial charge < -0.3 is 14.5 Å². The van der Waals surface area contributed by atoms with Gasteiger partial charge in [-0.1, -0.05) is 54.9 Å². The Morgan fingerprint density at radius 3 is 2.56 bits per heavy atom. The van der Waals surface area contributed by atoms with Crippen molar-refractivity contribution in [3.63, 3.8) is 0 Å². The molecule has 0 aliphatic rings. The fraction of sp³-hybridized carbons (Fsp3) is 0.125. The average molecular weight is 469 g/mol. The van der Waals surface area contributed by atoms with Crippen LogP contribution in [0.25, 0.3) is 22.5 Å². The largest absolute Gasteiger partial charge is 0.495 e. The summed E-state index contributed by atoms with van der Waals surface area (Å²) in [6.07, 6.45) is 1.60. The summed E-state index contributed by atoms with van der Waals surface area (Å²) in [5, 5.41) is 3.68. The number of sulfone groups is 1. The van der Waals surface area contributed by atoms with Crippen molar-refractivity contribution >= 4 is 33.1 Å². The first kappa shape index (κ1) is 21.9. The Balaban J connectivity index is 1.64. The third-order valence-corrected chi connectivity index (χ3v) is 7.05. The van der Waals surface area contributed by atoms with E-state index in [2.05, 4.69) is 10.3 Å². The molecule has 0 fully saturated rings. The van der Waals surface area contributed by atoms with Crippen LogP contribution in [-0.4, -0.2) is 26.3 Å². The Bertz CT molecular complexity index is 1370. The Morgan fingerprint density at radius 2 is 1.81 bits per heavy atom. The van der Waals surface area contributed by atoms with Crippen molar-refractivity contribution in [2.75, 3.05) is 18.2 Å². The maximum Gasteiger partial charge on any atom is 0.299 e. The van der Waals surface area contributed by atoms with E-state index in [1.54, 1.807) is 19.2 Å². The Morgan fingerprint density at radius 1 is 1.03 bits per heavy atom. The van der Waals surface area contributed by atoms with E-state index in [1.807, 2.05) is 48.5 Å². The molecule has 0 unspecified atom stereocenters. The topological polar surface area (TPSA) is 81.4 Å². The Labute approximate surface area is 191 Å². The number of nitrogens with one attached hydrogen (secondary N) is 1. The number of aromatic nitrogens is 1. The van der Waals surface area contributed by atoms with Crippen molar-refractivity contribution in [2.24, 2.45) is 0 Å². The molecule has 4 rings (SSSR count). The number of halogens is 1. The first-order chi connectivity index (χ1) is 15.4. The molecule has 0 saturated carbocycles. The molecule has 6 nitrogen and oxygen atoms in total. The van der Waals surface area contributed by atoms with Crippen molar-refractivity contribution in [1.82, 2.24) is 4.98 Å². The van der Waals surface area contributed by atoms with Gasteiger partial charge in [-0.15, -0.1) is 0 Å². The molecule has 0 saturated heterocycles. The molecule has 0 aliphatic heterocycles. The molecule has 8 heteroatoms. The van der Waals surface area contributed by atoms with Crippen LogP contribution in [0.4, 0.5) is 11.7 Å². The van der Waals surface area contributed by atoms with Crippen LogP contribution >= 0.6 is 11.6 Å². The molecule has 1 aromatic heterocycles. The predicted molar refractivity (Wildman–Crippen MR) is 126 cm³/mol. The maximum absolute atomic E-state index is 12.3. The molecule has 0 radical (unpaired) electrons. The van der Waals surface area contributed by atoms with Gasteiger partial charge in [-0.25, -0.2) is 13.4 Å². The molecular formula is C24H21ClN2O4S. The van der Waals surface area contributed by atoms with Crippen LogP contribution in [-0.2, 0) is 9.84 Å². The van der Waals surface area contributed by atoms with Gasteiger partial charge >= 0.3 is 0 Å². The first-order valence-corrected chi connectivity index (χ1v) is 11.9. The lowest BCUT2D eigenvalue weighted by Crippen LogP contribution is -2.05. The fourth-order valence-electron chi connectivity index (χ4n) is 3.26. The second kappa shape index (κ2) is 9.06. The van der Waals surface area contributed by atoms with Crippen molar-refractivity contribution < 1.29 is 17.6 Å². The van der Waals surface area contributed by atoms with Crippen LogP contribution in [0, 0.1) is 0 Å². The lowest BCUT2D eigenvalue weighted by Gasteiger charge is -2.11. The van der Waals surface area contributed by atoms with E-state index in [-0.39, 0.29) is 16.7 Å². The van der Waals surface area contributed by atoms with E-state index in [0.717, 1.165) is 16.7 Å². The third-order valence-electron chi connectivity index (χ3n) is 4.99. The van der Waals surface area contributed by atoms with E-state index in [4.69, 9.17) is 20.8 Å². The number of methoxy groups -OCH3 is 1. The molecule has 1 N–H and O–H groups in total. The number of nitrogens with zero attached hydrogens (tertiary/aromatic N) is 1. The summed E-state index contributed by atoms with van der Waals surface area (Å²) >= 11 is 6.33. The van der Waals surface area contributed by atoms with Crippen LogP contribution in [0.1, 0.15) is 6.92 Å². The van der Waals surface area contributed by atoms with Gasteiger partial charge in [-0.2, -0.15) is 0 Å². The van der Waals surface area contributed by atoms with Crippen LogP contribution < -0.4 is 10.1 Å². The minimum Gasteiger partial charge on any atom is -0.495 e. The van der Waals surface area contributed by atoms with Crippen molar-refractivity contribution in [3.8, 4) is 28.2 Å². The van der Waals surface area contributed by atoms with Gasteiger partial charge in [0.25, 0.3) is 6.01 Å². The van der Waals surface area contributed by atoms with Gasteiger partial charge in [0.05, 0.1) is 29.6 Å². The molecular weight excluding hydrogens is 448 g/mol. The normalized spacial score (nSPS) is 11.3. The summed E-state index contributed by atoms with van der Waals surface area (Å²) in [5.74, 6) is 1.03. The summed E-state index contributed by atoms with van der Waals surface area (Å²) in [5.41, 5.74) is 3.16. The summed E-state index contributed by atoms with van der Waals surface area (Å²) in [4.78, 5) is 4.48. The van der Waals surface area contributed by atoms with Crippen LogP contribution in [0.15, 0.2) is 82.2 Å². The van der Waals surface area contributed by atoms with Gasteiger partial charge in [-0.05, 0) is 35.9 Å². The van der Waals surface area contributed by atoms with Gasteiger partial charge in [0.1, 0.15) is 5.75 Å². The van der Waals surface area contributed by atoms with Crippen molar-refractivity contribution in [3.05, 3.63) is 77.9 Å². The first-order valence-electron chi connectivity index (χ1n) is 9.90. The molecule has 0 atom stereocenters. The number of rotatable bonds is 7. The molecule has 32 heavy (non-hydrogen) atoms. The van der Waals surface area contributed by atoms with Gasteiger partial charge in [-0.3, -0.25) is 0 Å².